The van der Waals surface area contributed by atoms with Crippen molar-refractivity contribution in [3.63, 3.8) is 0 Å². The zero-order chi connectivity index (χ0) is 27.8. The van der Waals surface area contributed by atoms with E-state index in [9.17, 15) is 14.9 Å². The Bertz CT molecular complexity index is 1190. The van der Waals surface area contributed by atoms with Gasteiger partial charge in [0, 0.05) is 35.9 Å². The molecule has 2 unspecified atom stereocenters. The van der Waals surface area contributed by atoms with E-state index in [0.717, 1.165) is 36.2 Å². The Labute approximate surface area is 234 Å². The number of rotatable bonds is 11. The van der Waals surface area contributed by atoms with Crippen molar-refractivity contribution in [3.05, 3.63) is 56.9 Å². The number of hydrogen-bond donors (Lipinski definition) is 2. The Hall–Kier alpha value is -3.05. The van der Waals surface area contributed by atoms with Gasteiger partial charge < -0.3 is 20.1 Å². The number of carbonyl (C=O) groups is 2. The molecule has 2 aliphatic rings. The van der Waals surface area contributed by atoms with Crippen molar-refractivity contribution in [2.75, 3.05) is 19.8 Å². The summed E-state index contributed by atoms with van der Waals surface area (Å²) in [6.07, 6.45) is 7.05. The van der Waals surface area contributed by atoms with Gasteiger partial charge in [-0.05, 0) is 72.3 Å². The van der Waals surface area contributed by atoms with Crippen LogP contribution in [0.5, 0.6) is 11.5 Å². The highest BCUT2D eigenvalue weighted by molar-refractivity contribution is 9.10. The van der Waals surface area contributed by atoms with Crippen LogP contribution in [-0.4, -0.2) is 31.4 Å². The molecule has 1 heterocycles. The maximum atomic E-state index is 13.4. The minimum Gasteiger partial charge on any atom is -0.490 e. The Morgan fingerprint density at radius 1 is 1.26 bits per heavy atom. The summed E-state index contributed by atoms with van der Waals surface area (Å²) in [5.41, 5.74) is 3.76. The fourth-order valence-electron chi connectivity index (χ4n) is 5.02. The number of nitriles is 1. The first kappa shape index (κ1) is 29.5. The Kier molecular flexibility index (Phi) is 10.6. The molecule has 7 nitrogen and oxygen atoms in total. The third-order valence-electron chi connectivity index (χ3n) is 6.80. The molecule has 0 fully saturated rings. The Balaban J connectivity index is 1.90. The van der Waals surface area contributed by atoms with E-state index in [-0.39, 0.29) is 24.2 Å². The maximum Gasteiger partial charge on any atom is 0.222 e. The highest BCUT2D eigenvalue weighted by Gasteiger charge is 2.39. The van der Waals surface area contributed by atoms with Gasteiger partial charge in [-0.2, -0.15) is 5.26 Å². The lowest BCUT2D eigenvalue weighted by Gasteiger charge is -2.35. The number of dihydropyridines is 1. The second-order valence-corrected chi connectivity index (χ2v) is 10.9. The second kappa shape index (κ2) is 13.7. The lowest BCUT2D eigenvalue weighted by molar-refractivity contribution is -0.123. The Morgan fingerprint density at radius 3 is 2.68 bits per heavy atom. The smallest absolute Gasteiger partial charge is 0.222 e. The van der Waals surface area contributed by atoms with Crippen LogP contribution in [0.3, 0.4) is 0 Å². The van der Waals surface area contributed by atoms with E-state index in [1.165, 1.54) is 0 Å². The predicted octanol–water partition coefficient (Wildman–Crippen LogP) is 6.07. The summed E-state index contributed by atoms with van der Waals surface area (Å²) in [4.78, 5) is 25.1. The summed E-state index contributed by atoms with van der Waals surface area (Å²) in [7, 11) is 0. The zero-order valence-electron chi connectivity index (χ0n) is 22.9. The number of nitrogens with one attached hydrogen (secondary N) is 2. The van der Waals surface area contributed by atoms with Crippen molar-refractivity contribution >= 4 is 27.6 Å². The number of allylic oxidation sites excluding steroid dienone is 4. The summed E-state index contributed by atoms with van der Waals surface area (Å²) >= 11 is 3.64. The van der Waals surface area contributed by atoms with Gasteiger partial charge >= 0.3 is 0 Å². The highest BCUT2D eigenvalue weighted by atomic mass is 79.9. The molecule has 8 heteroatoms. The van der Waals surface area contributed by atoms with Gasteiger partial charge in [-0.15, -0.1) is 0 Å². The van der Waals surface area contributed by atoms with Gasteiger partial charge in [-0.25, -0.2) is 0 Å². The van der Waals surface area contributed by atoms with E-state index in [4.69, 9.17) is 9.47 Å². The third-order valence-corrected chi connectivity index (χ3v) is 7.39. The molecule has 2 atom stereocenters. The molecular weight excluding hydrogens is 546 g/mol. The van der Waals surface area contributed by atoms with Gasteiger partial charge in [0.25, 0.3) is 0 Å². The maximum absolute atomic E-state index is 13.4. The van der Waals surface area contributed by atoms with Crippen LogP contribution in [0.2, 0.25) is 0 Å². The van der Waals surface area contributed by atoms with Gasteiger partial charge in [0.1, 0.15) is 6.61 Å². The van der Waals surface area contributed by atoms with Crippen molar-refractivity contribution in [3.8, 4) is 17.6 Å². The topological polar surface area (TPSA) is 100 Å². The third kappa shape index (κ3) is 6.87. The van der Waals surface area contributed by atoms with Crippen molar-refractivity contribution in [2.45, 2.75) is 66.2 Å². The Morgan fingerprint density at radius 2 is 2.03 bits per heavy atom. The van der Waals surface area contributed by atoms with Crippen molar-refractivity contribution in [2.24, 2.45) is 11.8 Å². The van der Waals surface area contributed by atoms with Gasteiger partial charge in [0.15, 0.2) is 17.3 Å². The van der Waals surface area contributed by atoms with Crippen LogP contribution in [0.4, 0.5) is 0 Å². The molecule has 0 spiro atoms. The molecule has 1 aromatic carbocycles. The molecule has 2 N–H and O–H groups in total. The van der Waals surface area contributed by atoms with Gasteiger partial charge in [-0.3, -0.25) is 9.59 Å². The van der Waals surface area contributed by atoms with Crippen LogP contribution in [0, 0.1) is 23.2 Å². The summed E-state index contributed by atoms with van der Waals surface area (Å²) in [5.74, 6) is 1.00. The molecular formula is C30H38BrN3O4. The zero-order valence-corrected chi connectivity index (χ0v) is 24.5. The second-order valence-electron chi connectivity index (χ2n) is 10.0. The SMILES string of the molecule is CCCC1CC(=O)C2=C(C1)NC(C)=C(C#N)C2c1cc(Br)c(OCC=CCNC(=O)C(C)C)c(OCC)c1. The average molecular weight is 585 g/mol. The molecule has 0 radical (unpaired) electrons. The van der Waals surface area contributed by atoms with Crippen LogP contribution >= 0.6 is 15.9 Å². The lowest BCUT2D eigenvalue weighted by Crippen LogP contribution is -2.34. The van der Waals surface area contributed by atoms with Crippen molar-refractivity contribution in [1.29, 1.82) is 5.26 Å². The standard InChI is InChI=1S/C30H38BrN3O4/c1-6-10-20-13-24-28(25(35)14-20)27(22(17-32)19(5)34-24)21-15-23(31)29(26(16-21)37-7-2)38-12-9-8-11-33-30(36)18(3)4/h8-9,15-16,18,20,27,34H,6-7,10-14H2,1-5H3,(H,33,36). The minimum atomic E-state index is -0.458. The van der Waals surface area contributed by atoms with E-state index < -0.39 is 5.92 Å². The number of halogens is 1. The first-order valence-corrected chi connectivity index (χ1v) is 14.2. The first-order chi connectivity index (χ1) is 18.2. The van der Waals surface area contributed by atoms with Gasteiger partial charge in [0.2, 0.25) is 5.91 Å². The molecule has 0 aromatic heterocycles. The van der Waals surface area contributed by atoms with Gasteiger partial charge in [-0.1, -0.05) is 33.3 Å². The first-order valence-electron chi connectivity index (χ1n) is 13.4. The van der Waals surface area contributed by atoms with Crippen molar-refractivity contribution < 1.29 is 19.1 Å². The molecule has 38 heavy (non-hydrogen) atoms. The number of benzene rings is 1. The van der Waals surface area contributed by atoms with E-state index in [0.29, 0.717) is 52.6 Å². The average Bonchev–Trinajstić information content (AvgIpc) is 2.86. The fraction of sp³-hybridized carbons (Fsp3) is 0.500. The quantitative estimate of drug-likeness (QED) is 0.306. The lowest BCUT2D eigenvalue weighted by atomic mass is 9.72. The molecule has 0 bridgehead atoms. The molecule has 3 rings (SSSR count). The molecule has 0 saturated carbocycles. The minimum absolute atomic E-state index is 0.00192. The number of carbonyl (C=O) groups excluding carboxylic acids is 2. The van der Waals surface area contributed by atoms with E-state index >= 15 is 0 Å². The van der Waals surface area contributed by atoms with Gasteiger partial charge in [0.05, 0.1) is 28.6 Å². The number of ketones is 1. The fourth-order valence-corrected chi connectivity index (χ4v) is 5.59. The molecule has 204 valence electrons. The molecule has 1 aliphatic heterocycles. The summed E-state index contributed by atoms with van der Waals surface area (Å²) in [5, 5.41) is 16.3. The number of hydrogen-bond acceptors (Lipinski definition) is 6. The summed E-state index contributed by atoms with van der Waals surface area (Å²) in [6.45, 7) is 10.8. The predicted molar refractivity (Wildman–Crippen MR) is 152 cm³/mol. The molecule has 1 aromatic rings. The highest BCUT2D eigenvalue weighted by Crippen LogP contribution is 2.47. The number of amides is 1. The van der Waals surface area contributed by atoms with E-state index in [1.54, 1.807) is 0 Å². The normalized spacial score (nSPS) is 19.4. The number of Topliss-reactive ketones (excluding diaryl/α,β-unsaturated/α-hetero) is 1. The summed E-state index contributed by atoms with van der Waals surface area (Å²) in [6, 6.07) is 6.15. The van der Waals surface area contributed by atoms with Crippen molar-refractivity contribution in [1.82, 2.24) is 10.6 Å². The van der Waals surface area contributed by atoms with Crippen LogP contribution in [0.1, 0.15) is 71.8 Å². The van der Waals surface area contributed by atoms with Crippen LogP contribution in [0.15, 0.2) is 51.3 Å². The van der Waals surface area contributed by atoms with Crippen LogP contribution in [-0.2, 0) is 9.59 Å². The number of ether oxygens (including phenoxy) is 2. The molecule has 0 saturated heterocycles. The summed E-state index contributed by atoms with van der Waals surface area (Å²) < 4.78 is 12.6. The van der Waals surface area contributed by atoms with Crippen LogP contribution in [0.25, 0.3) is 0 Å². The number of nitrogens with zero attached hydrogens (tertiary/aromatic N) is 1. The largest absolute Gasteiger partial charge is 0.490 e. The molecule has 1 aliphatic carbocycles. The van der Waals surface area contributed by atoms with E-state index in [1.807, 2.05) is 52.0 Å². The van der Waals surface area contributed by atoms with Crippen LogP contribution < -0.4 is 20.1 Å². The van der Waals surface area contributed by atoms with E-state index in [2.05, 4.69) is 39.6 Å². The monoisotopic (exact) mass is 583 g/mol. The molecule has 1 amide bonds.